The molecular formula is C13H16N4O2S. The minimum absolute atomic E-state index is 0.0434. The number of rotatable bonds is 5. The highest BCUT2D eigenvalue weighted by Crippen LogP contribution is 2.39. The van der Waals surface area contributed by atoms with Gasteiger partial charge in [-0.05, 0) is 25.7 Å². The molecule has 20 heavy (non-hydrogen) atoms. The Balaban J connectivity index is 1.32. The Morgan fingerprint density at radius 1 is 1.30 bits per heavy atom. The summed E-state index contributed by atoms with van der Waals surface area (Å²) in [6.45, 7) is 0.771. The van der Waals surface area contributed by atoms with E-state index in [0.717, 1.165) is 30.3 Å². The monoisotopic (exact) mass is 292 g/mol. The fraction of sp³-hybridized carbons (Fsp3) is 0.615. The number of nitrogens with zero attached hydrogens (tertiary/aromatic N) is 3. The van der Waals surface area contributed by atoms with Crippen LogP contribution in [0.1, 0.15) is 49.4 Å². The molecule has 0 aromatic carbocycles. The number of ether oxygens (including phenoxy) is 1. The van der Waals surface area contributed by atoms with Crippen LogP contribution in [0.25, 0.3) is 0 Å². The molecule has 1 saturated heterocycles. The maximum absolute atomic E-state index is 5.98. The maximum Gasteiger partial charge on any atom is 0.255 e. The molecule has 0 spiro atoms. The Kier molecular flexibility index (Phi) is 3.16. The molecular weight excluding hydrogens is 276 g/mol. The average Bonchev–Trinajstić information content (AvgIpc) is 2.92. The summed E-state index contributed by atoms with van der Waals surface area (Å²) in [5, 5.41) is 10.2. The van der Waals surface area contributed by atoms with Crippen LogP contribution in [-0.2, 0) is 4.74 Å². The van der Waals surface area contributed by atoms with Gasteiger partial charge in [0, 0.05) is 24.0 Å². The van der Waals surface area contributed by atoms with E-state index in [-0.39, 0.29) is 12.2 Å². The number of thiazole rings is 1. The van der Waals surface area contributed by atoms with Crippen LogP contribution in [0, 0.1) is 0 Å². The van der Waals surface area contributed by atoms with E-state index in [9.17, 15) is 0 Å². The lowest BCUT2D eigenvalue weighted by Crippen LogP contribution is -2.18. The van der Waals surface area contributed by atoms with E-state index in [4.69, 9.17) is 9.26 Å². The predicted molar refractivity (Wildman–Crippen MR) is 73.7 cm³/mol. The molecule has 6 nitrogen and oxygen atoms in total. The van der Waals surface area contributed by atoms with E-state index in [0.29, 0.717) is 11.8 Å². The van der Waals surface area contributed by atoms with Gasteiger partial charge >= 0.3 is 0 Å². The van der Waals surface area contributed by atoms with Crippen LogP contribution in [0.4, 0.5) is 5.13 Å². The van der Waals surface area contributed by atoms with Gasteiger partial charge in [0.15, 0.2) is 11.0 Å². The molecule has 7 heteroatoms. The van der Waals surface area contributed by atoms with Gasteiger partial charge in [-0.1, -0.05) is 5.16 Å². The van der Waals surface area contributed by atoms with Gasteiger partial charge < -0.3 is 14.6 Å². The van der Waals surface area contributed by atoms with Crippen molar-refractivity contribution in [2.45, 2.75) is 43.8 Å². The standard InChI is InChI=1S/C13H16N4O2S/c1-2-8(1)11-16-12(19-17-11)10-4-3-9(18-10)7-15-13-14-5-6-20-13/h5-6,8-10H,1-4,7H2,(H,14,15)/t9-,10+/m0/s1. The van der Waals surface area contributed by atoms with Gasteiger partial charge in [0.2, 0.25) is 0 Å². The Morgan fingerprint density at radius 2 is 2.25 bits per heavy atom. The third-order valence-corrected chi connectivity index (χ3v) is 4.43. The van der Waals surface area contributed by atoms with E-state index in [1.165, 1.54) is 12.8 Å². The topological polar surface area (TPSA) is 73.1 Å². The van der Waals surface area contributed by atoms with Crippen LogP contribution >= 0.6 is 11.3 Å². The summed E-state index contributed by atoms with van der Waals surface area (Å²) in [7, 11) is 0. The van der Waals surface area contributed by atoms with Gasteiger partial charge in [0.05, 0.1) is 6.10 Å². The van der Waals surface area contributed by atoms with Crippen molar-refractivity contribution in [2.24, 2.45) is 0 Å². The van der Waals surface area contributed by atoms with Gasteiger partial charge in [-0.2, -0.15) is 4.98 Å². The van der Waals surface area contributed by atoms with Crippen molar-refractivity contribution in [3.05, 3.63) is 23.3 Å². The molecule has 106 valence electrons. The van der Waals surface area contributed by atoms with Crippen molar-refractivity contribution in [1.29, 1.82) is 0 Å². The lowest BCUT2D eigenvalue weighted by Gasteiger charge is -2.11. The first-order chi connectivity index (χ1) is 9.88. The molecule has 0 amide bonds. The second-order valence-corrected chi connectivity index (χ2v) is 6.20. The third kappa shape index (κ3) is 2.55. The fourth-order valence-corrected chi connectivity index (χ4v) is 2.97. The molecule has 2 atom stereocenters. The highest BCUT2D eigenvalue weighted by atomic mass is 32.1. The molecule has 2 aromatic rings. The van der Waals surface area contributed by atoms with E-state index >= 15 is 0 Å². The van der Waals surface area contributed by atoms with Crippen molar-refractivity contribution in [3.63, 3.8) is 0 Å². The number of aromatic nitrogens is 3. The Morgan fingerprint density at radius 3 is 3.05 bits per heavy atom. The van der Waals surface area contributed by atoms with E-state index < -0.39 is 0 Å². The average molecular weight is 292 g/mol. The number of hydrogen-bond donors (Lipinski definition) is 1. The second-order valence-electron chi connectivity index (χ2n) is 5.31. The second kappa shape index (κ2) is 5.14. The van der Waals surface area contributed by atoms with Crippen LogP contribution in [0.5, 0.6) is 0 Å². The quantitative estimate of drug-likeness (QED) is 0.913. The summed E-state index contributed by atoms with van der Waals surface area (Å²) in [4.78, 5) is 8.66. The lowest BCUT2D eigenvalue weighted by molar-refractivity contribution is 0.0326. The lowest BCUT2D eigenvalue weighted by atomic mass is 10.2. The largest absolute Gasteiger partial charge is 0.363 e. The molecule has 2 fully saturated rings. The fourth-order valence-electron chi connectivity index (χ4n) is 2.43. The Bertz CT molecular complexity index is 567. The molecule has 4 rings (SSSR count). The highest BCUT2D eigenvalue weighted by Gasteiger charge is 2.34. The first-order valence-corrected chi connectivity index (χ1v) is 7.89. The summed E-state index contributed by atoms with van der Waals surface area (Å²) in [5.41, 5.74) is 0. The zero-order valence-electron chi connectivity index (χ0n) is 11.0. The van der Waals surface area contributed by atoms with E-state index in [2.05, 4.69) is 20.4 Å². The minimum atomic E-state index is -0.0434. The van der Waals surface area contributed by atoms with Gasteiger partial charge in [-0.15, -0.1) is 11.3 Å². The summed E-state index contributed by atoms with van der Waals surface area (Å²) < 4.78 is 11.3. The number of hydrogen-bond acceptors (Lipinski definition) is 7. The molecule has 1 aliphatic carbocycles. The molecule has 3 heterocycles. The molecule has 1 saturated carbocycles. The summed E-state index contributed by atoms with van der Waals surface area (Å²) in [6, 6.07) is 0. The smallest absolute Gasteiger partial charge is 0.255 e. The molecule has 1 N–H and O–H groups in total. The van der Waals surface area contributed by atoms with Gasteiger partial charge in [0.25, 0.3) is 5.89 Å². The van der Waals surface area contributed by atoms with Crippen LogP contribution < -0.4 is 5.32 Å². The molecule has 2 aromatic heterocycles. The Hall–Kier alpha value is -1.47. The third-order valence-electron chi connectivity index (χ3n) is 3.70. The van der Waals surface area contributed by atoms with Crippen molar-refractivity contribution < 1.29 is 9.26 Å². The highest BCUT2D eigenvalue weighted by molar-refractivity contribution is 7.13. The van der Waals surface area contributed by atoms with Crippen molar-refractivity contribution in [3.8, 4) is 0 Å². The first-order valence-electron chi connectivity index (χ1n) is 7.01. The zero-order chi connectivity index (χ0) is 13.4. The van der Waals surface area contributed by atoms with E-state index in [1.54, 1.807) is 17.5 Å². The minimum Gasteiger partial charge on any atom is -0.363 e. The van der Waals surface area contributed by atoms with Crippen molar-refractivity contribution in [1.82, 2.24) is 15.1 Å². The van der Waals surface area contributed by atoms with Crippen molar-refractivity contribution >= 4 is 16.5 Å². The van der Waals surface area contributed by atoms with E-state index in [1.807, 2.05) is 5.38 Å². The van der Waals surface area contributed by atoms with Crippen LogP contribution in [0.3, 0.4) is 0 Å². The van der Waals surface area contributed by atoms with Crippen LogP contribution in [0.2, 0.25) is 0 Å². The summed E-state index contributed by atoms with van der Waals surface area (Å²) in [5.74, 6) is 2.02. The zero-order valence-corrected chi connectivity index (χ0v) is 11.8. The first kappa shape index (κ1) is 12.3. The van der Waals surface area contributed by atoms with Gasteiger partial charge in [0.1, 0.15) is 6.10 Å². The molecule has 0 unspecified atom stereocenters. The number of nitrogens with one attached hydrogen (secondary N) is 1. The van der Waals surface area contributed by atoms with Gasteiger partial charge in [-0.3, -0.25) is 0 Å². The Labute approximate surface area is 120 Å². The maximum atomic E-state index is 5.98. The predicted octanol–water partition coefficient (Wildman–Crippen LogP) is 2.74. The summed E-state index contributed by atoms with van der Waals surface area (Å²) >= 11 is 1.60. The van der Waals surface area contributed by atoms with Gasteiger partial charge in [-0.25, -0.2) is 4.98 Å². The summed E-state index contributed by atoms with van der Waals surface area (Å²) in [6.07, 6.45) is 6.25. The van der Waals surface area contributed by atoms with Crippen molar-refractivity contribution in [2.75, 3.05) is 11.9 Å². The normalized spacial score (nSPS) is 26.0. The number of anilines is 1. The van der Waals surface area contributed by atoms with Crippen LogP contribution in [0.15, 0.2) is 16.1 Å². The molecule has 0 radical (unpaired) electrons. The van der Waals surface area contributed by atoms with Crippen LogP contribution in [-0.4, -0.2) is 27.8 Å². The molecule has 1 aliphatic heterocycles. The SMILES string of the molecule is c1csc(NC[C@@H]2CC[C@H](c3nc(C4CC4)no3)O2)n1. The molecule has 2 aliphatic rings. The molecule has 0 bridgehead atoms.